The summed E-state index contributed by atoms with van der Waals surface area (Å²) in [6.45, 7) is 3.15. The smallest absolute Gasteiger partial charge is 0.254 e. The Balaban J connectivity index is 1.50. The molecule has 1 aromatic rings. The number of piperidine rings is 1. The van der Waals surface area contributed by atoms with Crippen LogP contribution in [-0.4, -0.2) is 36.5 Å². The van der Waals surface area contributed by atoms with E-state index in [1.807, 2.05) is 0 Å². The van der Waals surface area contributed by atoms with E-state index in [0.29, 0.717) is 17.9 Å². The number of nitrogens with zero attached hydrogens (tertiary/aromatic N) is 1. The van der Waals surface area contributed by atoms with Gasteiger partial charge in [-0.2, -0.15) is 0 Å². The van der Waals surface area contributed by atoms with Gasteiger partial charge in [-0.3, -0.25) is 4.79 Å². The predicted octanol–water partition coefficient (Wildman–Crippen LogP) is 3.62. The third-order valence-electron chi connectivity index (χ3n) is 5.83. The maximum atomic E-state index is 13.0. The molecule has 3 aliphatic rings. The van der Waals surface area contributed by atoms with E-state index in [4.69, 9.17) is 0 Å². The van der Waals surface area contributed by atoms with E-state index in [9.17, 15) is 4.79 Å². The third-order valence-corrected chi connectivity index (χ3v) is 6.93. The molecule has 2 aliphatic heterocycles. The maximum absolute atomic E-state index is 13.0. The van der Waals surface area contributed by atoms with Crippen LogP contribution in [0.5, 0.6) is 0 Å². The Bertz CT molecular complexity index is 533. The van der Waals surface area contributed by atoms with Crippen LogP contribution in [0.3, 0.4) is 0 Å². The van der Waals surface area contributed by atoms with Crippen LogP contribution >= 0.6 is 11.3 Å². The molecule has 4 rings (SSSR count). The fraction of sp³-hybridized carbons (Fsp3) is 0.722. The van der Waals surface area contributed by atoms with Gasteiger partial charge < -0.3 is 10.2 Å². The SMILES string of the molecule is O=C(c1csc(C2CCNC2)c1)N1CCCC2CCCCC21. The van der Waals surface area contributed by atoms with Crippen molar-refractivity contribution in [2.75, 3.05) is 19.6 Å². The molecule has 3 fully saturated rings. The van der Waals surface area contributed by atoms with E-state index in [1.54, 1.807) is 11.3 Å². The summed E-state index contributed by atoms with van der Waals surface area (Å²) in [5.41, 5.74) is 0.943. The second-order valence-corrected chi connectivity index (χ2v) is 8.12. The first-order valence-corrected chi connectivity index (χ1v) is 9.81. The molecule has 3 atom stereocenters. The molecule has 1 aromatic heterocycles. The molecule has 1 N–H and O–H groups in total. The zero-order valence-electron chi connectivity index (χ0n) is 13.2. The number of rotatable bonds is 2. The summed E-state index contributed by atoms with van der Waals surface area (Å²) in [5, 5.41) is 5.52. The average molecular weight is 318 g/mol. The predicted molar refractivity (Wildman–Crippen MR) is 90.6 cm³/mol. The van der Waals surface area contributed by atoms with Crippen LogP contribution in [0.1, 0.15) is 66.1 Å². The molecular formula is C18H26N2OS. The van der Waals surface area contributed by atoms with E-state index in [0.717, 1.165) is 31.1 Å². The number of carbonyl (C=O) groups is 1. The molecule has 0 aromatic carbocycles. The molecule has 0 spiro atoms. The van der Waals surface area contributed by atoms with Crippen molar-refractivity contribution >= 4 is 17.2 Å². The molecule has 0 radical (unpaired) electrons. The number of hydrogen-bond donors (Lipinski definition) is 1. The molecular weight excluding hydrogens is 292 g/mol. The summed E-state index contributed by atoms with van der Waals surface area (Å²) in [4.78, 5) is 16.6. The van der Waals surface area contributed by atoms with Crippen LogP contribution in [0.15, 0.2) is 11.4 Å². The van der Waals surface area contributed by atoms with Gasteiger partial charge in [-0.05, 0) is 50.6 Å². The van der Waals surface area contributed by atoms with Crippen molar-refractivity contribution < 1.29 is 4.79 Å². The summed E-state index contributed by atoms with van der Waals surface area (Å²) in [7, 11) is 0. The molecule has 4 heteroatoms. The second kappa shape index (κ2) is 6.32. The number of carbonyl (C=O) groups excluding carboxylic acids is 1. The molecule has 22 heavy (non-hydrogen) atoms. The average Bonchev–Trinajstić information content (AvgIpc) is 3.24. The molecule has 0 bridgehead atoms. The van der Waals surface area contributed by atoms with Crippen LogP contribution in [0.2, 0.25) is 0 Å². The first-order chi connectivity index (χ1) is 10.8. The van der Waals surface area contributed by atoms with Gasteiger partial charge in [0.15, 0.2) is 0 Å². The number of likely N-dealkylation sites (tertiary alicyclic amines) is 1. The fourth-order valence-corrected chi connectivity index (χ4v) is 5.64. The van der Waals surface area contributed by atoms with Crippen molar-refractivity contribution in [3.63, 3.8) is 0 Å². The lowest BCUT2D eigenvalue weighted by molar-refractivity contribution is 0.0391. The van der Waals surface area contributed by atoms with Gasteiger partial charge in [-0.1, -0.05) is 12.8 Å². The zero-order chi connectivity index (χ0) is 14.9. The Morgan fingerprint density at radius 1 is 1.18 bits per heavy atom. The Morgan fingerprint density at radius 2 is 2.05 bits per heavy atom. The van der Waals surface area contributed by atoms with Gasteiger partial charge in [-0.25, -0.2) is 0 Å². The molecule has 1 saturated carbocycles. The number of thiophene rings is 1. The van der Waals surface area contributed by atoms with Gasteiger partial charge in [0.1, 0.15) is 0 Å². The van der Waals surface area contributed by atoms with Gasteiger partial charge >= 0.3 is 0 Å². The Labute approximate surface area is 137 Å². The fourth-order valence-electron chi connectivity index (χ4n) is 4.62. The highest BCUT2D eigenvalue weighted by atomic mass is 32.1. The van der Waals surface area contributed by atoms with Crippen LogP contribution in [0.4, 0.5) is 0 Å². The second-order valence-electron chi connectivity index (χ2n) is 7.18. The highest BCUT2D eigenvalue weighted by Gasteiger charge is 2.36. The molecule has 1 aliphatic carbocycles. The van der Waals surface area contributed by atoms with Crippen LogP contribution in [0, 0.1) is 5.92 Å². The van der Waals surface area contributed by atoms with Crippen molar-refractivity contribution in [3.05, 3.63) is 21.9 Å². The minimum Gasteiger partial charge on any atom is -0.335 e. The minimum absolute atomic E-state index is 0.296. The van der Waals surface area contributed by atoms with Gasteiger partial charge in [0.25, 0.3) is 5.91 Å². The van der Waals surface area contributed by atoms with Crippen molar-refractivity contribution in [1.29, 1.82) is 0 Å². The lowest BCUT2D eigenvalue weighted by Crippen LogP contribution is -2.49. The summed E-state index contributed by atoms with van der Waals surface area (Å²) in [5.74, 6) is 1.68. The molecule has 2 saturated heterocycles. The van der Waals surface area contributed by atoms with Crippen LogP contribution in [-0.2, 0) is 0 Å². The van der Waals surface area contributed by atoms with Crippen molar-refractivity contribution in [1.82, 2.24) is 10.2 Å². The summed E-state index contributed by atoms with van der Waals surface area (Å²) in [6.07, 6.45) is 8.95. The van der Waals surface area contributed by atoms with E-state index < -0.39 is 0 Å². The quantitative estimate of drug-likeness (QED) is 0.903. The monoisotopic (exact) mass is 318 g/mol. The first-order valence-electron chi connectivity index (χ1n) is 8.93. The highest BCUT2D eigenvalue weighted by Crippen LogP contribution is 2.36. The van der Waals surface area contributed by atoms with Gasteiger partial charge in [0.2, 0.25) is 0 Å². The number of nitrogens with one attached hydrogen (secondary N) is 1. The third kappa shape index (κ3) is 2.71. The molecule has 1 amide bonds. The maximum Gasteiger partial charge on any atom is 0.254 e. The Morgan fingerprint density at radius 3 is 2.91 bits per heavy atom. The molecule has 3 nitrogen and oxygen atoms in total. The van der Waals surface area contributed by atoms with Crippen molar-refractivity contribution in [2.45, 2.75) is 56.9 Å². The zero-order valence-corrected chi connectivity index (χ0v) is 14.0. The van der Waals surface area contributed by atoms with Gasteiger partial charge in [0, 0.05) is 35.3 Å². The lowest BCUT2D eigenvalue weighted by Gasteiger charge is -2.44. The summed E-state index contributed by atoms with van der Waals surface area (Å²) < 4.78 is 0. The van der Waals surface area contributed by atoms with Crippen LogP contribution in [0.25, 0.3) is 0 Å². The largest absolute Gasteiger partial charge is 0.335 e. The van der Waals surface area contributed by atoms with Crippen molar-refractivity contribution in [3.8, 4) is 0 Å². The Hall–Kier alpha value is -0.870. The number of hydrogen-bond acceptors (Lipinski definition) is 3. The Kier molecular flexibility index (Phi) is 4.23. The van der Waals surface area contributed by atoms with Gasteiger partial charge in [-0.15, -0.1) is 11.3 Å². The molecule has 3 heterocycles. The standard InChI is InChI=1S/C18H26N2OS/c21-18(15-10-17(22-12-15)14-7-8-19-11-14)20-9-3-5-13-4-1-2-6-16(13)20/h10,12-14,16,19H,1-9,11H2. The topological polar surface area (TPSA) is 32.3 Å². The summed E-state index contributed by atoms with van der Waals surface area (Å²) in [6, 6.07) is 2.70. The number of fused-ring (bicyclic) bond motifs is 1. The van der Waals surface area contributed by atoms with E-state index in [2.05, 4.69) is 21.7 Å². The normalized spacial score (nSPS) is 32.0. The van der Waals surface area contributed by atoms with E-state index >= 15 is 0 Å². The number of amides is 1. The first kappa shape index (κ1) is 14.7. The highest BCUT2D eigenvalue weighted by molar-refractivity contribution is 7.10. The van der Waals surface area contributed by atoms with E-state index in [1.165, 1.54) is 49.8 Å². The van der Waals surface area contributed by atoms with Gasteiger partial charge in [0.05, 0.1) is 5.56 Å². The minimum atomic E-state index is 0.296. The van der Waals surface area contributed by atoms with Crippen molar-refractivity contribution in [2.24, 2.45) is 5.92 Å². The molecule has 3 unspecified atom stereocenters. The van der Waals surface area contributed by atoms with E-state index in [-0.39, 0.29) is 0 Å². The lowest BCUT2D eigenvalue weighted by atomic mass is 9.78. The van der Waals surface area contributed by atoms with Crippen LogP contribution < -0.4 is 5.32 Å². The summed E-state index contributed by atoms with van der Waals surface area (Å²) >= 11 is 1.78. The molecule has 120 valence electrons.